The normalized spacial score (nSPS) is 12.5. The van der Waals surface area contributed by atoms with Gasteiger partial charge in [-0.1, -0.05) is 0 Å². The zero-order valence-electron chi connectivity index (χ0n) is 21.9. The molecular weight excluding hydrogens is 864 g/mol. The molecule has 0 atom stereocenters. The van der Waals surface area contributed by atoms with E-state index >= 15 is 17.6 Å². The molecular formula is C34H12F4S2Se4. The third-order valence-corrected chi connectivity index (χ3v) is 21.6. The fourth-order valence-corrected chi connectivity index (χ4v) is 19.4. The number of benzene rings is 4. The van der Waals surface area contributed by atoms with Crippen LogP contribution >= 0.6 is 22.7 Å². The number of halogens is 4. The Morgan fingerprint density at radius 2 is 0.750 bits per heavy atom. The van der Waals surface area contributed by atoms with E-state index in [2.05, 4.69) is 12.1 Å². The zero-order chi connectivity index (χ0) is 29.4. The van der Waals surface area contributed by atoms with Gasteiger partial charge in [0.2, 0.25) is 0 Å². The van der Waals surface area contributed by atoms with Crippen molar-refractivity contribution in [3.8, 4) is 17.7 Å². The Morgan fingerprint density at radius 1 is 0.386 bits per heavy atom. The number of hydrogen-bond donors (Lipinski definition) is 0. The summed E-state index contributed by atoms with van der Waals surface area (Å²) in [5, 5.41) is 4.35. The van der Waals surface area contributed by atoms with Crippen molar-refractivity contribution in [2.45, 2.75) is 0 Å². The quantitative estimate of drug-likeness (QED) is 0.120. The summed E-state index contributed by atoms with van der Waals surface area (Å²) in [5.74, 6) is -1.13. The molecule has 0 saturated heterocycles. The Morgan fingerprint density at radius 3 is 1.16 bits per heavy atom. The fraction of sp³-hybridized carbons (Fsp3) is 0. The maximum absolute atomic E-state index is 16.0. The predicted octanol–water partition coefficient (Wildman–Crippen LogP) is 10.0. The summed E-state index contributed by atoms with van der Waals surface area (Å²) in [5.41, 5.74) is 0. The molecule has 0 N–H and O–H groups in total. The van der Waals surface area contributed by atoms with Gasteiger partial charge in [0.05, 0.1) is 0 Å². The van der Waals surface area contributed by atoms with Crippen LogP contribution in [0.5, 0.6) is 0 Å². The number of hydrogen-bond acceptors (Lipinski definition) is 2. The maximum atomic E-state index is 16.0. The molecule has 0 nitrogen and oxygen atoms in total. The van der Waals surface area contributed by atoms with Gasteiger partial charge in [-0.3, -0.25) is 0 Å². The van der Waals surface area contributed by atoms with E-state index in [9.17, 15) is 0 Å². The molecule has 0 spiro atoms. The molecule has 0 bridgehead atoms. The molecule has 212 valence electrons. The Bertz CT molecular complexity index is 2650. The number of thiophene rings is 2. The van der Waals surface area contributed by atoms with E-state index < -0.39 is 0 Å². The van der Waals surface area contributed by atoms with Gasteiger partial charge < -0.3 is 0 Å². The summed E-state index contributed by atoms with van der Waals surface area (Å²) in [7, 11) is 0. The van der Waals surface area contributed by atoms with Crippen molar-refractivity contribution in [2.24, 2.45) is 0 Å². The minimum atomic E-state index is -0.317. The van der Waals surface area contributed by atoms with Gasteiger partial charge >= 0.3 is 280 Å². The number of rotatable bonds is 2. The summed E-state index contributed by atoms with van der Waals surface area (Å²) in [6.07, 6.45) is 0. The van der Waals surface area contributed by atoms with E-state index in [0.29, 0.717) is 39.3 Å². The molecule has 6 aromatic heterocycles. The molecule has 0 unspecified atom stereocenters. The molecule has 44 heavy (non-hydrogen) atoms. The monoisotopic (exact) mass is 880 g/mol. The molecule has 10 aromatic rings. The zero-order valence-corrected chi connectivity index (χ0v) is 30.4. The second-order valence-corrected chi connectivity index (χ2v) is 21.5. The van der Waals surface area contributed by atoms with Crippen molar-refractivity contribution in [2.75, 3.05) is 0 Å². The Hall–Kier alpha value is -2.18. The van der Waals surface area contributed by atoms with Crippen LogP contribution in [-0.4, -0.2) is 58.0 Å². The first-order valence-corrected chi connectivity index (χ1v) is 21.9. The second-order valence-electron chi connectivity index (χ2n) is 10.5. The molecule has 10 rings (SSSR count). The van der Waals surface area contributed by atoms with E-state index in [-0.39, 0.29) is 81.3 Å². The summed E-state index contributed by atoms with van der Waals surface area (Å²) in [6.45, 7) is 0. The van der Waals surface area contributed by atoms with Crippen molar-refractivity contribution >= 4 is 149 Å². The number of fused-ring (bicyclic) bond motifs is 9. The molecule has 0 amide bonds. The molecule has 0 aliphatic carbocycles. The molecule has 10 heteroatoms. The third-order valence-electron chi connectivity index (χ3n) is 8.06. The first kappa shape index (κ1) is 27.0. The van der Waals surface area contributed by atoms with Crippen LogP contribution in [0.1, 0.15) is 0 Å². The summed E-state index contributed by atoms with van der Waals surface area (Å²) < 4.78 is 73.0. The van der Waals surface area contributed by atoms with Gasteiger partial charge in [0, 0.05) is 0 Å². The molecule has 0 aliphatic heterocycles. The van der Waals surface area contributed by atoms with Gasteiger partial charge in [-0.15, -0.1) is 0 Å². The Labute approximate surface area is 277 Å². The van der Waals surface area contributed by atoms with E-state index in [1.54, 1.807) is 34.8 Å². The standard InChI is InChI=1S/C34H12F4S2Se4/c35-25-13-5-1-3-7-21(13)41-31(25)33-27(37)17-9-15-19(11-23(17)43-33)39-30-16-10-18-24(12-20(16)40-29(15)30)44-34(28(18)38)32-26(36)14-6-2-4-8-22(14)42-32/h1-12H. The van der Waals surface area contributed by atoms with E-state index in [1.807, 2.05) is 48.5 Å². The minimum absolute atomic E-state index is 0.246. The van der Waals surface area contributed by atoms with E-state index in [1.165, 1.54) is 0 Å². The summed E-state index contributed by atoms with van der Waals surface area (Å²) >= 11 is 2.18. The van der Waals surface area contributed by atoms with Crippen molar-refractivity contribution in [3.63, 3.8) is 0 Å². The predicted molar refractivity (Wildman–Crippen MR) is 183 cm³/mol. The van der Waals surface area contributed by atoms with Gasteiger partial charge in [0.15, 0.2) is 0 Å². The fourth-order valence-electron chi connectivity index (χ4n) is 5.99. The van der Waals surface area contributed by atoms with Crippen LogP contribution in [0.2, 0.25) is 0 Å². The van der Waals surface area contributed by atoms with Gasteiger partial charge in [0.25, 0.3) is 0 Å². The van der Waals surface area contributed by atoms with Crippen LogP contribution in [0, 0.1) is 23.3 Å². The third kappa shape index (κ3) is 3.67. The average Bonchev–Trinajstić information content (AvgIpc) is 3.86. The van der Waals surface area contributed by atoms with Gasteiger partial charge in [-0.25, -0.2) is 0 Å². The summed E-state index contributed by atoms with van der Waals surface area (Å²) in [6, 6.07) is 23.0. The average molecular weight is 876 g/mol. The summed E-state index contributed by atoms with van der Waals surface area (Å²) in [4.78, 5) is 0. The van der Waals surface area contributed by atoms with Gasteiger partial charge in [0.1, 0.15) is 0 Å². The van der Waals surface area contributed by atoms with Gasteiger partial charge in [-0.05, 0) is 0 Å². The van der Waals surface area contributed by atoms with Crippen molar-refractivity contribution in [3.05, 3.63) is 96.1 Å². The first-order chi connectivity index (χ1) is 21.4. The second kappa shape index (κ2) is 9.67. The van der Waals surface area contributed by atoms with Crippen LogP contribution in [0.15, 0.2) is 72.8 Å². The van der Waals surface area contributed by atoms with Crippen molar-refractivity contribution in [1.29, 1.82) is 0 Å². The van der Waals surface area contributed by atoms with E-state index in [4.69, 9.17) is 0 Å². The van der Waals surface area contributed by atoms with Crippen molar-refractivity contribution in [1.82, 2.24) is 0 Å². The Kier molecular flexibility index (Phi) is 5.93. The van der Waals surface area contributed by atoms with Crippen molar-refractivity contribution < 1.29 is 17.6 Å². The Balaban J connectivity index is 1.15. The topological polar surface area (TPSA) is 0 Å². The van der Waals surface area contributed by atoms with Crippen LogP contribution in [-0.2, 0) is 0 Å². The van der Waals surface area contributed by atoms with E-state index in [0.717, 1.165) is 46.6 Å². The molecule has 0 fully saturated rings. The van der Waals surface area contributed by atoms with Crippen LogP contribution in [0.3, 0.4) is 0 Å². The van der Waals surface area contributed by atoms with Crippen LogP contribution < -0.4 is 0 Å². The first-order valence-electron chi connectivity index (χ1n) is 13.4. The molecule has 4 aromatic carbocycles. The SMILES string of the molecule is Fc1c(-c2[se]c3cc4sc5c6cc7c(F)c(-c8[se]c9ccccc9c8F)[se]c7cc6sc5c4cc3c2F)[se]c2ccccc12. The molecule has 0 aliphatic rings. The molecule has 0 radical (unpaired) electrons. The molecule has 6 heterocycles. The van der Waals surface area contributed by atoms with Crippen LogP contribution in [0.25, 0.3) is 85.9 Å². The molecule has 0 saturated carbocycles. The van der Waals surface area contributed by atoms with Gasteiger partial charge in [-0.2, -0.15) is 0 Å². The van der Waals surface area contributed by atoms with Crippen LogP contribution in [0.4, 0.5) is 17.6 Å².